The molecule has 0 spiro atoms. The normalized spacial score (nSPS) is 17.4. The van der Waals surface area contributed by atoms with Gasteiger partial charge in [-0.05, 0) is 47.7 Å². The lowest BCUT2D eigenvalue weighted by molar-refractivity contribution is -0.130. The van der Waals surface area contributed by atoms with Gasteiger partial charge in [-0.1, -0.05) is 60.7 Å². The minimum atomic E-state index is -3.32. The van der Waals surface area contributed by atoms with Crippen LogP contribution >= 0.6 is 0 Å². The van der Waals surface area contributed by atoms with E-state index >= 15 is 0 Å². The fourth-order valence-electron chi connectivity index (χ4n) is 4.84. The highest BCUT2D eigenvalue weighted by Crippen LogP contribution is 2.37. The summed E-state index contributed by atoms with van der Waals surface area (Å²) in [5.41, 5.74) is 1.82. The Labute approximate surface area is 198 Å². The number of amides is 3. The largest absolute Gasteiger partial charge is 0.353 e. The van der Waals surface area contributed by atoms with Gasteiger partial charge in [0.25, 0.3) is 5.91 Å². The summed E-state index contributed by atoms with van der Waals surface area (Å²) in [5.74, 6) is -0.338. The molecular weight excluding hydrogens is 450 g/mol. The van der Waals surface area contributed by atoms with Crippen molar-refractivity contribution in [3.63, 3.8) is 0 Å². The van der Waals surface area contributed by atoms with Crippen LogP contribution in [0.5, 0.6) is 0 Å². The van der Waals surface area contributed by atoms with Crippen LogP contribution in [-0.4, -0.2) is 44.7 Å². The van der Waals surface area contributed by atoms with Gasteiger partial charge in [-0.3, -0.25) is 4.79 Å². The zero-order chi connectivity index (χ0) is 23.9. The van der Waals surface area contributed by atoms with Crippen molar-refractivity contribution in [3.8, 4) is 0 Å². The number of rotatable bonds is 5. The molecule has 0 radical (unpaired) electrons. The standard InChI is InChI=1S/C26H25N3O4S/c1-34(32,33)22-14-15-23-19(17-22)9-8-16-28(23)18-29-24(30)26(27-25(29)31,20-10-4-2-5-11-20)21-12-6-3-7-13-21/h2-7,10-15,17H,8-9,16,18H2,1H3,(H,27,31). The molecule has 5 rings (SSSR count). The SMILES string of the molecule is CS(=O)(=O)c1ccc2c(c1)CCCN2CN1C(=O)NC(c2ccccc2)(c2ccccc2)C1=O. The van der Waals surface area contributed by atoms with Gasteiger partial charge in [0.05, 0.1) is 4.90 Å². The molecule has 2 aliphatic heterocycles. The molecule has 0 aromatic heterocycles. The van der Waals surface area contributed by atoms with Crippen LogP contribution in [0.15, 0.2) is 83.8 Å². The Morgan fingerprint density at radius 2 is 1.53 bits per heavy atom. The summed E-state index contributed by atoms with van der Waals surface area (Å²) in [6.45, 7) is 0.739. The predicted octanol–water partition coefficient (Wildman–Crippen LogP) is 3.30. The molecule has 34 heavy (non-hydrogen) atoms. The predicted molar refractivity (Wildman–Crippen MR) is 129 cm³/mol. The van der Waals surface area contributed by atoms with E-state index < -0.39 is 21.4 Å². The van der Waals surface area contributed by atoms with Crippen molar-refractivity contribution in [2.45, 2.75) is 23.3 Å². The van der Waals surface area contributed by atoms with Gasteiger partial charge in [0.2, 0.25) is 0 Å². The molecule has 0 aliphatic carbocycles. The van der Waals surface area contributed by atoms with Crippen molar-refractivity contribution in [1.82, 2.24) is 10.2 Å². The van der Waals surface area contributed by atoms with Gasteiger partial charge in [-0.15, -0.1) is 0 Å². The Morgan fingerprint density at radius 3 is 2.12 bits per heavy atom. The minimum Gasteiger partial charge on any atom is -0.353 e. The zero-order valence-electron chi connectivity index (χ0n) is 18.8. The number of anilines is 1. The number of sulfone groups is 1. The minimum absolute atomic E-state index is 0.0807. The van der Waals surface area contributed by atoms with E-state index in [2.05, 4.69) is 5.32 Å². The molecule has 3 aromatic rings. The number of nitrogens with zero attached hydrogens (tertiary/aromatic N) is 2. The van der Waals surface area contributed by atoms with Crippen LogP contribution in [0.1, 0.15) is 23.1 Å². The first-order chi connectivity index (χ1) is 16.3. The Balaban J connectivity index is 1.51. The second-order valence-corrected chi connectivity index (χ2v) is 10.7. The topological polar surface area (TPSA) is 86.8 Å². The molecule has 3 aromatic carbocycles. The molecule has 2 heterocycles. The molecule has 174 valence electrons. The molecule has 0 bridgehead atoms. The summed E-state index contributed by atoms with van der Waals surface area (Å²) in [5, 5.41) is 2.97. The molecule has 0 saturated carbocycles. The van der Waals surface area contributed by atoms with E-state index in [0.29, 0.717) is 17.7 Å². The molecule has 0 unspecified atom stereocenters. The lowest BCUT2D eigenvalue weighted by atomic mass is 9.83. The van der Waals surface area contributed by atoms with E-state index in [0.717, 1.165) is 24.1 Å². The summed E-state index contributed by atoms with van der Waals surface area (Å²) in [6.07, 6.45) is 2.73. The van der Waals surface area contributed by atoms with Gasteiger partial charge in [0, 0.05) is 18.5 Å². The smallest absolute Gasteiger partial charge is 0.327 e. The quantitative estimate of drug-likeness (QED) is 0.573. The van der Waals surface area contributed by atoms with Gasteiger partial charge >= 0.3 is 6.03 Å². The Kier molecular flexibility index (Phi) is 5.40. The van der Waals surface area contributed by atoms with Crippen molar-refractivity contribution in [1.29, 1.82) is 0 Å². The van der Waals surface area contributed by atoms with E-state index in [1.54, 1.807) is 18.2 Å². The molecule has 7 nitrogen and oxygen atoms in total. The Bertz CT molecular complexity index is 1320. The fraction of sp³-hybridized carbons (Fsp3) is 0.231. The summed E-state index contributed by atoms with van der Waals surface area (Å²) < 4.78 is 24.0. The van der Waals surface area contributed by atoms with Crippen molar-refractivity contribution < 1.29 is 18.0 Å². The summed E-state index contributed by atoms with van der Waals surface area (Å²) >= 11 is 0. The molecule has 2 aliphatic rings. The lowest BCUT2D eigenvalue weighted by Crippen LogP contribution is -2.47. The maximum Gasteiger partial charge on any atom is 0.327 e. The average Bonchev–Trinajstić information content (AvgIpc) is 3.10. The van der Waals surface area contributed by atoms with Crippen molar-refractivity contribution in [2.24, 2.45) is 0 Å². The third kappa shape index (κ3) is 3.64. The number of carbonyl (C=O) groups excluding carboxylic acids is 2. The third-order valence-electron chi connectivity index (χ3n) is 6.53. The van der Waals surface area contributed by atoms with E-state index in [4.69, 9.17) is 0 Å². The highest BCUT2D eigenvalue weighted by molar-refractivity contribution is 7.90. The van der Waals surface area contributed by atoms with E-state index in [1.807, 2.05) is 65.6 Å². The maximum atomic E-state index is 13.9. The maximum absolute atomic E-state index is 13.9. The third-order valence-corrected chi connectivity index (χ3v) is 7.64. The van der Waals surface area contributed by atoms with Crippen LogP contribution in [-0.2, 0) is 26.6 Å². The van der Waals surface area contributed by atoms with Crippen molar-refractivity contribution >= 4 is 27.5 Å². The molecule has 3 amide bonds. The van der Waals surface area contributed by atoms with E-state index in [1.165, 1.54) is 11.2 Å². The summed E-state index contributed by atoms with van der Waals surface area (Å²) in [7, 11) is -3.32. The van der Waals surface area contributed by atoms with Gasteiger partial charge in [0.15, 0.2) is 15.4 Å². The molecule has 1 fully saturated rings. The number of fused-ring (bicyclic) bond motifs is 1. The molecule has 1 saturated heterocycles. The van der Waals surface area contributed by atoms with Gasteiger partial charge in [-0.25, -0.2) is 18.1 Å². The van der Waals surface area contributed by atoms with Crippen LogP contribution in [0.2, 0.25) is 0 Å². The van der Waals surface area contributed by atoms with Gasteiger partial charge in [0.1, 0.15) is 6.67 Å². The number of nitrogens with one attached hydrogen (secondary N) is 1. The molecule has 0 atom stereocenters. The lowest BCUT2D eigenvalue weighted by Gasteiger charge is -2.34. The number of hydrogen-bond acceptors (Lipinski definition) is 5. The number of hydrogen-bond donors (Lipinski definition) is 1. The second kappa shape index (κ2) is 8.29. The van der Waals surface area contributed by atoms with Gasteiger partial charge in [-0.2, -0.15) is 0 Å². The molecule has 1 N–H and O–H groups in total. The number of carbonyl (C=O) groups is 2. The number of aryl methyl sites for hydroxylation is 1. The Hall–Kier alpha value is -3.65. The number of benzene rings is 3. The van der Waals surface area contributed by atoms with Crippen LogP contribution in [0.4, 0.5) is 10.5 Å². The first-order valence-corrected chi connectivity index (χ1v) is 13.0. The molecular formula is C26H25N3O4S. The number of imide groups is 1. The average molecular weight is 476 g/mol. The highest BCUT2D eigenvalue weighted by atomic mass is 32.2. The fourth-order valence-corrected chi connectivity index (χ4v) is 5.51. The van der Waals surface area contributed by atoms with Crippen LogP contribution in [0, 0.1) is 0 Å². The van der Waals surface area contributed by atoms with E-state index in [-0.39, 0.29) is 17.5 Å². The molecule has 8 heteroatoms. The summed E-state index contributed by atoms with van der Waals surface area (Å²) in [4.78, 5) is 30.6. The van der Waals surface area contributed by atoms with Crippen molar-refractivity contribution in [3.05, 3.63) is 95.6 Å². The number of urea groups is 1. The highest BCUT2D eigenvalue weighted by Gasteiger charge is 2.54. The first-order valence-electron chi connectivity index (χ1n) is 11.1. The monoisotopic (exact) mass is 475 g/mol. The Morgan fingerprint density at radius 1 is 0.912 bits per heavy atom. The van der Waals surface area contributed by atoms with Crippen LogP contribution in [0.25, 0.3) is 0 Å². The first kappa shape index (κ1) is 22.2. The van der Waals surface area contributed by atoms with Crippen molar-refractivity contribution in [2.75, 3.05) is 24.4 Å². The second-order valence-electron chi connectivity index (χ2n) is 8.72. The van der Waals surface area contributed by atoms with Crippen LogP contribution in [0.3, 0.4) is 0 Å². The zero-order valence-corrected chi connectivity index (χ0v) is 19.6. The summed E-state index contributed by atoms with van der Waals surface area (Å²) in [6, 6.07) is 23.1. The van der Waals surface area contributed by atoms with Crippen LogP contribution < -0.4 is 10.2 Å². The van der Waals surface area contributed by atoms with Gasteiger partial charge < -0.3 is 10.2 Å². The van der Waals surface area contributed by atoms with E-state index in [9.17, 15) is 18.0 Å².